The molecule has 1 heterocycles. The summed E-state index contributed by atoms with van der Waals surface area (Å²) < 4.78 is 0. The van der Waals surface area contributed by atoms with E-state index in [1.54, 1.807) is 0 Å². The van der Waals surface area contributed by atoms with Crippen molar-refractivity contribution in [1.29, 1.82) is 0 Å². The molecule has 2 fully saturated rings. The number of rotatable bonds is 6. The van der Waals surface area contributed by atoms with E-state index in [1.165, 1.54) is 44.3 Å². The molecule has 2 rings (SSSR count). The normalized spacial score (nSPS) is 28.7. The fourth-order valence-corrected chi connectivity index (χ4v) is 4.17. The second kappa shape index (κ2) is 6.87. The van der Waals surface area contributed by atoms with E-state index in [4.69, 9.17) is 0 Å². The number of hydrogen-bond acceptors (Lipinski definition) is 3. The van der Waals surface area contributed by atoms with Crippen LogP contribution in [0, 0.1) is 5.92 Å². The van der Waals surface area contributed by atoms with Crippen LogP contribution in [0.4, 0.5) is 0 Å². The van der Waals surface area contributed by atoms with Gasteiger partial charge in [-0.05, 0) is 30.9 Å². The predicted molar refractivity (Wildman–Crippen MR) is 70.9 cm³/mol. The zero-order chi connectivity index (χ0) is 11.2. The maximum absolute atomic E-state index is 9.91. The van der Waals surface area contributed by atoms with Gasteiger partial charge in [0.2, 0.25) is 0 Å². The minimum Gasteiger partial charge on any atom is -0.392 e. The summed E-state index contributed by atoms with van der Waals surface area (Å²) in [5, 5.41) is 14.1. The van der Waals surface area contributed by atoms with Crippen molar-refractivity contribution in [2.45, 2.75) is 56.3 Å². The Bertz CT molecular complexity index is 188. The van der Waals surface area contributed by atoms with Gasteiger partial charge in [0.15, 0.2) is 0 Å². The van der Waals surface area contributed by atoms with Gasteiger partial charge in [-0.25, -0.2) is 0 Å². The van der Waals surface area contributed by atoms with Gasteiger partial charge in [-0.1, -0.05) is 25.7 Å². The summed E-state index contributed by atoms with van der Waals surface area (Å²) in [6.45, 7) is 1.89. The number of aliphatic hydroxyl groups excluding tert-OH is 1. The lowest BCUT2D eigenvalue weighted by molar-refractivity contribution is 0.141. The third kappa shape index (κ3) is 4.27. The first-order valence-electron chi connectivity index (χ1n) is 6.85. The number of aliphatic hydroxyl groups is 1. The summed E-state index contributed by atoms with van der Waals surface area (Å²) in [6, 6.07) is 0. The maximum Gasteiger partial charge on any atom is 0.0667 e. The topological polar surface area (TPSA) is 32.3 Å². The third-order valence-corrected chi connectivity index (χ3v) is 5.25. The van der Waals surface area contributed by atoms with Gasteiger partial charge < -0.3 is 10.4 Å². The molecule has 0 amide bonds. The molecular weight excluding hydrogens is 218 g/mol. The molecule has 2 unspecified atom stereocenters. The quantitative estimate of drug-likeness (QED) is 0.751. The van der Waals surface area contributed by atoms with E-state index in [0.29, 0.717) is 0 Å². The van der Waals surface area contributed by atoms with Crippen LogP contribution in [0.15, 0.2) is 0 Å². The van der Waals surface area contributed by atoms with E-state index in [9.17, 15) is 5.11 Å². The Hall–Kier alpha value is 0.270. The molecule has 94 valence electrons. The zero-order valence-electron chi connectivity index (χ0n) is 10.2. The lowest BCUT2D eigenvalue weighted by atomic mass is 10.00. The van der Waals surface area contributed by atoms with Crippen LogP contribution in [0.2, 0.25) is 0 Å². The van der Waals surface area contributed by atoms with Crippen molar-refractivity contribution in [3.63, 3.8) is 0 Å². The monoisotopic (exact) mass is 243 g/mol. The van der Waals surface area contributed by atoms with Crippen LogP contribution in [0.1, 0.15) is 44.9 Å². The smallest absolute Gasteiger partial charge is 0.0667 e. The molecule has 2 nitrogen and oxygen atoms in total. The molecule has 0 radical (unpaired) electrons. The lowest BCUT2D eigenvalue weighted by Crippen LogP contribution is -2.32. The lowest BCUT2D eigenvalue weighted by Gasteiger charge is -2.17. The SMILES string of the molecule is OC(CNCC1CCCS1)CC1CCCC1. The summed E-state index contributed by atoms with van der Waals surface area (Å²) in [6.07, 6.45) is 9.08. The largest absolute Gasteiger partial charge is 0.392 e. The molecule has 1 aliphatic heterocycles. The molecule has 0 bridgehead atoms. The summed E-state index contributed by atoms with van der Waals surface area (Å²) in [7, 11) is 0. The number of nitrogens with one attached hydrogen (secondary N) is 1. The van der Waals surface area contributed by atoms with Gasteiger partial charge in [0.1, 0.15) is 0 Å². The Morgan fingerprint density at radius 3 is 2.69 bits per heavy atom. The Labute approximate surface area is 104 Å². The average Bonchev–Trinajstić information content (AvgIpc) is 2.90. The van der Waals surface area contributed by atoms with Crippen LogP contribution in [-0.4, -0.2) is 35.3 Å². The molecule has 2 aliphatic rings. The predicted octanol–water partition coefficient (Wildman–Crippen LogP) is 2.41. The first kappa shape index (κ1) is 12.7. The van der Waals surface area contributed by atoms with E-state index in [-0.39, 0.29) is 6.10 Å². The molecule has 0 aromatic carbocycles. The van der Waals surface area contributed by atoms with E-state index < -0.39 is 0 Å². The van der Waals surface area contributed by atoms with Crippen molar-refractivity contribution in [3.05, 3.63) is 0 Å². The molecule has 3 heteroatoms. The van der Waals surface area contributed by atoms with Gasteiger partial charge in [0.05, 0.1) is 6.10 Å². The summed E-state index contributed by atoms with van der Waals surface area (Å²) in [4.78, 5) is 0. The molecule has 1 saturated carbocycles. The van der Waals surface area contributed by atoms with Crippen molar-refractivity contribution < 1.29 is 5.11 Å². The molecule has 2 N–H and O–H groups in total. The van der Waals surface area contributed by atoms with Gasteiger partial charge >= 0.3 is 0 Å². The number of thioether (sulfide) groups is 1. The van der Waals surface area contributed by atoms with E-state index in [1.807, 2.05) is 0 Å². The molecule has 0 aromatic heterocycles. The Kier molecular flexibility index (Phi) is 5.46. The Morgan fingerprint density at radius 1 is 1.19 bits per heavy atom. The standard InChI is InChI=1S/C13H25NOS/c15-12(8-11-4-1-2-5-11)9-14-10-13-6-3-7-16-13/h11-15H,1-10H2. The van der Waals surface area contributed by atoms with Crippen molar-refractivity contribution in [2.75, 3.05) is 18.8 Å². The van der Waals surface area contributed by atoms with Crippen LogP contribution in [-0.2, 0) is 0 Å². The van der Waals surface area contributed by atoms with E-state index in [0.717, 1.165) is 30.7 Å². The number of hydrogen-bond donors (Lipinski definition) is 2. The van der Waals surface area contributed by atoms with Crippen LogP contribution in [0.25, 0.3) is 0 Å². The molecule has 1 saturated heterocycles. The minimum atomic E-state index is -0.116. The minimum absolute atomic E-state index is 0.116. The highest BCUT2D eigenvalue weighted by Crippen LogP contribution is 2.28. The van der Waals surface area contributed by atoms with E-state index >= 15 is 0 Å². The van der Waals surface area contributed by atoms with Gasteiger partial charge in [0, 0.05) is 18.3 Å². The highest BCUT2D eigenvalue weighted by molar-refractivity contribution is 8.00. The van der Waals surface area contributed by atoms with Gasteiger partial charge in [-0.3, -0.25) is 0 Å². The molecular formula is C13H25NOS. The maximum atomic E-state index is 9.91. The molecule has 16 heavy (non-hydrogen) atoms. The van der Waals surface area contributed by atoms with Gasteiger partial charge in [-0.2, -0.15) is 11.8 Å². The van der Waals surface area contributed by atoms with Crippen molar-refractivity contribution in [1.82, 2.24) is 5.32 Å². The van der Waals surface area contributed by atoms with Gasteiger partial charge in [-0.15, -0.1) is 0 Å². The van der Waals surface area contributed by atoms with Crippen LogP contribution < -0.4 is 5.32 Å². The van der Waals surface area contributed by atoms with Crippen LogP contribution in [0.3, 0.4) is 0 Å². The van der Waals surface area contributed by atoms with Crippen molar-refractivity contribution in [2.24, 2.45) is 5.92 Å². The second-order valence-electron chi connectivity index (χ2n) is 5.33. The molecule has 2 atom stereocenters. The van der Waals surface area contributed by atoms with Crippen LogP contribution >= 0.6 is 11.8 Å². The molecule has 1 aliphatic carbocycles. The Balaban J connectivity index is 1.51. The highest BCUT2D eigenvalue weighted by atomic mass is 32.2. The Morgan fingerprint density at radius 2 is 2.00 bits per heavy atom. The summed E-state index contributed by atoms with van der Waals surface area (Å²) in [5.41, 5.74) is 0. The van der Waals surface area contributed by atoms with Gasteiger partial charge in [0.25, 0.3) is 0 Å². The summed E-state index contributed by atoms with van der Waals surface area (Å²) >= 11 is 2.08. The molecule has 0 spiro atoms. The fraction of sp³-hybridized carbons (Fsp3) is 1.00. The second-order valence-corrected chi connectivity index (χ2v) is 6.74. The van der Waals surface area contributed by atoms with E-state index in [2.05, 4.69) is 17.1 Å². The highest BCUT2D eigenvalue weighted by Gasteiger charge is 2.19. The fourth-order valence-electron chi connectivity index (χ4n) is 2.93. The first-order chi connectivity index (χ1) is 7.84. The summed E-state index contributed by atoms with van der Waals surface area (Å²) in [5.74, 6) is 2.13. The average molecular weight is 243 g/mol. The van der Waals surface area contributed by atoms with Crippen LogP contribution in [0.5, 0.6) is 0 Å². The van der Waals surface area contributed by atoms with Crippen molar-refractivity contribution in [3.8, 4) is 0 Å². The third-order valence-electron chi connectivity index (χ3n) is 3.86. The zero-order valence-corrected chi connectivity index (χ0v) is 11.0. The first-order valence-corrected chi connectivity index (χ1v) is 7.90. The van der Waals surface area contributed by atoms with Crippen molar-refractivity contribution >= 4 is 11.8 Å². The molecule has 0 aromatic rings.